The van der Waals surface area contributed by atoms with E-state index in [1.54, 1.807) is 7.11 Å². The van der Waals surface area contributed by atoms with Gasteiger partial charge in [0.15, 0.2) is 0 Å². The number of aliphatic imine (C=N–C) groups is 1. The molecule has 2 aromatic rings. The lowest BCUT2D eigenvalue weighted by molar-refractivity contribution is -0.125. The van der Waals surface area contributed by atoms with Crippen molar-refractivity contribution >= 4 is 29.1 Å². The third-order valence-corrected chi connectivity index (χ3v) is 6.07. The number of methoxy groups -OCH3 is 1. The second-order valence-electron chi connectivity index (χ2n) is 8.66. The molecule has 8 heteroatoms. The molecule has 174 valence electrons. The average molecular weight is 450 g/mol. The maximum absolute atomic E-state index is 12.8. The highest BCUT2D eigenvalue weighted by molar-refractivity contribution is 6.06. The molecule has 2 aliphatic heterocycles. The van der Waals surface area contributed by atoms with Crippen molar-refractivity contribution in [3.05, 3.63) is 54.1 Å². The Morgan fingerprint density at radius 3 is 2.27 bits per heavy atom. The molecular weight excluding hydrogens is 418 g/mol. The van der Waals surface area contributed by atoms with Gasteiger partial charge < -0.3 is 19.9 Å². The first-order valence-corrected chi connectivity index (χ1v) is 11.4. The quantitative estimate of drug-likeness (QED) is 0.733. The van der Waals surface area contributed by atoms with Gasteiger partial charge in [0.2, 0.25) is 17.8 Å². The fourth-order valence-corrected chi connectivity index (χ4v) is 4.04. The van der Waals surface area contributed by atoms with Crippen LogP contribution in [-0.4, -0.2) is 62.0 Å². The second kappa shape index (κ2) is 9.94. The lowest BCUT2D eigenvalue weighted by Crippen LogP contribution is -2.56. The summed E-state index contributed by atoms with van der Waals surface area (Å²) >= 11 is 0. The van der Waals surface area contributed by atoms with E-state index in [0.29, 0.717) is 30.7 Å². The third kappa shape index (κ3) is 5.45. The number of carbonyl (C=O) groups is 2. The Hall–Kier alpha value is -3.55. The Kier molecular flexibility index (Phi) is 6.82. The molecule has 0 spiro atoms. The Morgan fingerprint density at radius 2 is 1.67 bits per heavy atom. The Morgan fingerprint density at radius 1 is 1.03 bits per heavy atom. The van der Waals surface area contributed by atoms with Crippen LogP contribution in [0.3, 0.4) is 0 Å². The fraction of sp³-hybridized carbons (Fsp3) is 0.400. The van der Waals surface area contributed by atoms with Gasteiger partial charge in [-0.25, -0.2) is 4.99 Å². The molecule has 0 bridgehead atoms. The number of nitrogens with zero attached hydrogens (tertiary/aromatic N) is 3. The molecule has 1 atom stereocenters. The van der Waals surface area contributed by atoms with Crippen molar-refractivity contribution < 1.29 is 14.3 Å². The molecule has 4 rings (SSSR count). The summed E-state index contributed by atoms with van der Waals surface area (Å²) in [7, 11) is 1.66. The fourth-order valence-electron chi connectivity index (χ4n) is 4.04. The number of amides is 2. The summed E-state index contributed by atoms with van der Waals surface area (Å²) in [5.74, 6) is 1.28. The summed E-state index contributed by atoms with van der Waals surface area (Å²) in [6, 6.07) is 15.0. The summed E-state index contributed by atoms with van der Waals surface area (Å²) in [6.07, 6.45) is 0.0468. The highest BCUT2D eigenvalue weighted by Gasteiger charge is 2.30. The van der Waals surface area contributed by atoms with Crippen LogP contribution < -0.4 is 20.3 Å². The molecule has 0 radical (unpaired) electrons. The zero-order chi connectivity index (χ0) is 23.4. The van der Waals surface area contributed by atoms with E-state index in [9.17, 15) is 9.59 Å². The number of carbonyl (C=O) groups excluding carboxylic acids is 2. The zero-order valence-electron chi connectivity index (χ0n) is 19.4. The summed E-state index contributed by atoms with van der Waals surface area (Å²) in [6.45, 7) is 7.25. The first kappa shape index (κ1) is 22.6. The number of rotatable bonds is 5. The normalized spacial score (nSPS) is 18.6. The van der Waals surface area contributed by atoms with Gasteiger partial charge >= 0.3 is 0 Å². The monoisotopic (exact) mass is 449 g/mol. The number of ether oxygens (including phenoxy) is 1. The van der Waals surface area contributed by atoms with Crippen molar-refractivity contribution in [3.8, 4) is 5.75 Å². The molecule has 0 saturated carbocycles. The summed E-state index contributed by atoms with van der Waals surface area (Å²) < 4.78 is 5.23. The van der Waals surface area contributed by atoms with E-state index >= 15 is 0 Å². The molecule has 2 N–H and O–H groups in total. The van der Waals surface area contributed by atoms with Crippen LogP contribution in [0.4, 0.5) is 11.4 Å². The molecule has 2 amide bonds. The van der Waals surface area contributed by atoms with Crippen molar-refractivity contribution in [2.45, 2.75) is 32.2 Å². The van der Waals surface area contributed by atoms with Gasteiger partial charge in [-0.3, -0.25) is 14.9 Å². The van der Waals surface area contributed by atoms with Gasteiger partial charge in [-0.2, -0.15) is 0 Å². The maximum atomic E-state index is 12.8. The van der Waals surface area contributed by atoms with E-state index < -0.39 is 6.04 Å². The topological polar surface area (TPSA) is 86.3 Å². The first-order valence-electron chi connectivity index (χ1n) is 11.4. The lowest BCUT2D eigenvalue weighted by Gasteiger charge is -2.38. The molecule has 1 saturated heterocycles. The predicted molar refractivity (Wildman–Crippen MR) is 130 cm³/mol. The van der Waals surface area contributed by atoms with Crippen LogP contribution in [0.5, 0.6) is 5.75 Å². The Bertz CT molecular complexity index is 1010. The number of benzene rings is 2. The molecule has 2 heterocycles. The second-order valence-corrected chi connectivity index (χ2v) is 8.66. The van der Waals surface area contributed by atoms with Crippen LogP contribution in [0.1, 0.15) is 31.7 Å². The summed E-state index contributed by atoms with van der Waals surface area (Å²) in [4.78, 5) is 34.0. The van der Waals surface area contributed by atoms with Crippen molar-refractivity contribution in [2.24, 2.45) is 4.99 Å². The zero-order valence-corrected chi connectivity index (χ0v) is 19.4. The summed E-state index contributed by atoms with van der Waals surface area (Å²) in [5.41, 5.74) is 3.05. The van der Waals surface area contributed by atoms with E-state index in [2.05, 4.69) is 34.4 Å². The van der Waals surface area contributed by atoms with Crippen LogP contribution >= 0.6 is 0 Å². The maximum Gasteiger partial charge on any atom is 0.249 e. The molecule has 2 aromatic carbocycles. The Labute approximate surface area is 194 Å². The number of hydrogen-bond acceptors (Lipinski definition) is 6. The molecule has 33 heavy (non-hydrogen) atoms. The minimum absolute atomic E-state index is 0.0468. The molecule has 2 aliphatic rings. The van der Waals surface area contributed by atoms with Crippen molar-refractivity contribution in [1.29, 1.82) is 0 Å². The van der Waals surface area contributed by atoms with Gasteiger partial charge in [-0.15, -0.1) is 0 Å². The largest absolute Gasteiger partial charge is 0.497 e. The SMILES string of the molecule is COc1ccc(N2CCN(C3=N[C@H](C(=O)Nc4ccc(C(C)C)cc4)CC(=O)N3)CC2)cc1. The standard InChI is InChI=1S/C25H31N5O3/c1-17(2)18-4-6-19(7-5-18)26-24(32)22-16-23(31)28-25(27-22)30-14-12-29(13-15-30)20-8-10-21(33-3)11-9-20/h4-11,17,22H,12-16H2,1-3H3,(H,26,32)(H,27,28,31)/t22-/m0/s1. The van der Waals surface area contributed by atoms with Gasteiger partial charge in [-0.1, -0.05) is 26.0 Å². The number of anilines is 2. The average Bonchev–Trinajstić information content (AvgIpc) is 2.84. The third-order valence-electron chi connectivity index (χ3n) is 6.07. The number of guanidine groups is 1. The van der Waals surface area contributed by atoms with Crippen molar-refractivity contribution in [1.82, 2.24) is 10.2 Å². The van der Waals surface area contributed by atoms with Crippen LogP contribution in [0.15, 0.2) is 53.5 Å². The number of piperazine rings is 1. The molecule has 0 aliphatic carbocycles. The molecule has 8 nitrogen and oxygen atoms in total. The van der Waals surface area contributed by atoms with Gasteiger partial charge in [0.1, 0.15) is 11.8 Å². The van der Waals surface area contributed by atoms with Gasteiger partial charge in [0, 0.05) is 37.6 Å². The van der Waals surface area contributed by atoms with Gasteiger partial charge in [0.05, 0.1) is 13.5 Å². The minimum atomic E-state index is -0.738. The molecule has 1 fully saturated rings. The highest BCUT2D eigenvalue weighted by atomic mass is 16.5. The van der Waals surface area contributed by atoms with Gasteiger partial charge in [-0.05, 0) is 47.9 Å². The molecular formula is C25H31N5O3. The van der Waals surface area contributed by atoms with Gasteiger partial charge in [0.25, 0.3) is 0 Å². The minimum Gasteiger partial charge on any atom is -0.497 e. The first-order chi connectivity index (χ1) is 15.9. The van der Waals surface area contributed by atoms with Crippen LogP contribution in [0.25, 0.3) is 0 Å². The molecule has 0 unspecified atom stereocenters. The van der Waals surface area contributed by atoms with Crippen molar-refractivity contribution in [3.63, 3.8) is 0 Å². The van der Waals surface area contributed by atoms with Crippen LogP contribution in [0, 0.1) is 0 Å². The summed E-state index contributed by atoms with van der Waals surface area (Å²) in [5, 5.41) is 5.74. The highest BCUT2D eigenvalue weighted by Crippen LogP contribution is 2.21. The van der Waals surface area contributed by atoms with E-state index in [4.69, 9.17) is 4.74 Å². The molecule has 0 aromatic heterocycles. The number of hydrogen-bond donors (Lipinski definition) is 2. The Balaban J connectivity index is 1.38. The predicted octanol–water partition coefficient (Wildman–Crippen LogP) is 2.82. The van der Waals surface area contributed by atoms with E-state index in [1.807, 2.05) is 53.4 Å². The van der Waals surface area contributed by atoms with E-state index in [1.165, 1.54) is 5.56 Å². The lowest BCUT2D eigenvalue weighted by atomic mass is 10.0. The smallest absolute Gasteiger partial charge is 0.249 e. The van der Waals surface area contributed by atoms with E-state index in [-0.39, 0.29) is 18.2 Å². The van der Waals surface area contributed by atoms with E-state index in [0.717, 1.165) is 24.5 Å². The van der Waals surface area contributed by atoms with Crippen molar-refractivity contribution in [2.75, 3.05) is 43.5 Å². The van der Waals surface area contributed by atoms with Crippen LogP contribution in [-0.2, 0) is 9.59 Å². The number of nitrogens with one attached hydrogen (secondary N) is 2. The van der Waals surface area contributed by atoms with Crippen LogP contribution in [0.2, 0.25) is 0 Å².